The number of hydrogen-bond donors (Lipinski definition) is 2. The number of morpholine rings is 1. The van der Waals surface area contributed by atoms with E-state index in [1.54, 1.807) is 0 Å². The maximum absolute atomic E-state index is 10.6. The van der Waals surface area contributed by atoms with E-state index in [1.807, 2.05) is 0 Å². The average molecular weight is 216 g/mol. The van der Waals surface area contributed by atoms with Crippen LogP contribution >= 0.6 is 0 Å². The summed E-state index contributed by atoms with van der Waals surface area (Å²) in [6, 6.07) is -0.348. The molecule has 1 heterocycles. The molecule has 88 valence electrons. The molecule has 1 fully saturated rings. The molecular formula is C10H20N2O3. The van der Waals surface area contributed by atoms with Crippen molar-refractivity contribution in [2.45, 2.75) is 38.5 Å². The van der Waals surface area contributed by atoms with Gasteiger partial charge in [0.2, 0.25) is 0 Å². The number of carboxylic acids is 1. The Bertz CT molecular complexity index is 221. The smallest absolute Gasteiger partial charge is 0.320 e. The molecule has 0 aromatic heterocycles. The highest BCUT2D eigenvalue weighted by Crippen LogP contribution is 2.12. The first-order chi connectivity index (χ1) is 7.00. The van der Waals surface area contributed by atoms with Crippen LogP contribution < -0.4 is 5.73 Å². The number of carboxylic acid groups (broad SMARTS) is 1. The van der Waals surface area contributed by atoms with Crippen LogP contribution in [0.15, 0.2) is 0 Å². The summed E-state index contributed by atoms with van der Waals surface area (Å²) in [4.78, 5) is 12.9. The lowest BCUT2D eigenvalue weighted by Gasteiger charge is -2.36. The standard InChI is InChI=1S/C10H20N2O3/c1-7(2)12-3-4-15-8(6-12)5-9(11)10(13)14/h7-9H,3-6,11H2,1-2H3,(H,13,14)/t8?,9-/m0/s1. The van der Waals surface area contributed by atoms with Gasteiger partial charge in [-0.25, -0.2) is 0 Å². The highest BCUT2D eigenvalue weighted by Gasteiger charge is 2.25. The van der Waals surface area contributed by atoms with Crippen LogP contribution in [0.1, 0.15) is 20.3 Å². The Kier molecular flexibility index (Phi) is 4.50. The number of rotatable bonds is 4. The second-order valence-electron chi connectivity index (χ2n) is 4.26. The SMILES string of the molecule is CC(C)N1CCOC(C[C@H](N)C(=O)O)C1. The Hall–Kier alpha value is -0.650. The first-order valence-electron chi connectivity index (χ1n) is 5.34. The maximum atomic E-state index is 10.6. The van der Waals surface area contributed by atoms with E-state index in [-0.39, 0.29) is 6.10 Å². The second-order valence-corrected chi connectivity index (χ2v) is 4.26. The van der Waals surface area contributed by atoms with E-state index < -0.39 is 12.0 Å². The lowest BCUT2D eigenvalue weighted by atomic mass is 10.1. The van der Waals surface area contributed by atoms with Gasteiger partial charge in [0.05, 0.1) is 12.7 Å². The van der Waals surface area contributed by atoms with Crippen LogP contribution in [0.25, 0.3) is 0 Å². The Morgan fingerprint density at radius 3 is 2.87 bits per heavy atom. The van der Waals surface area contributed by atoms with E-state index >= 15 is 0 Å². The third-order valence-corrected chi connectivity index (χ3v) is 2.73. The Morgan fingerprint density at radius 2 is 2.33 bits per heavy atom. The highest BCUT2D eigenvalue weighted by molar-refractivity contribution is 5.73. The van der Waals surface area contributed by atoms with E-state index in [9.17, 15) is 4.79 Å². The Morgan fingerprint density at radius 1 is 1.67 bits per heavy atom. The molecule has 1 rings (SSSR count). The lowest BCUT2D eigenvalue weighted by Crippen LogP contribution is -2.48. The van der Waals surface area contributed by atoms with Crippen LogP contribution in [0.2, 0.25) is 0 Å². The predicted octanol–water partition coefficient (Wildman–Crippen LogP) is -0.102. The van der Waals surface area contributed by atoms with Crippen LogP contribution in [0.3, 0.4) is 0 Å². The van der Waals surface area contributed by atoms with Gasteiger partial charge in [-0.1, -0.05) is 0 Å². The summed E-state index contributed by atoms with van der Waals surface area (Å²) in [5.41, 5.74) is 5.47. The highest BCUT2D eigenvalue weighted by atomic mass is 16.5. The van der Waals surface area contributed by atoms with Gasteiger partial charge in [0.15, 0.2) is 0 Å². The summed E-state index contributed by atoms with van der Waals surface area (Å²) >= 11 is 0. The monoisotopic (exact) mass is 216 g/mol. The summed E-state index contributed by atoms with van der Waals surface area (Å²) in [6.45, 7) is 6.60. The largest absolute Gasteiger partial charge is 0.480 e. The zero-order chi connectivity index (χ0) is 11.4. The fraction of sp³-hybridized carbons (Fsp3) is 0.900. The van der Waals surface area contributed by atoms with Crippen molar-refractivity contribution in [2.24, 2.45) is 5.73 Å². The van der Waals surface area contributed by atoms with Crippen molar-refractivity contribution in [3.63, 3.8) is 0 Å². The fourth-order valence-electron chi connectivity index (χ4n) is 1.74. The van der Waals surface area contributed by atoms with E-state index in [2.05, 4.69) is 18.7 Å². The fourth-order valence-corrected chi connectivity index (χ4v) is 1.74. The summed E-state index contributed by atoms with van der Waals surface area (Å²) < 4.78 is 5.49. The van der Waals surface area contributed by atoms with Crippen LogP contribution in [-0.4, -0.2) is 53.9 Å². The Balaban J connectivity index is 2.39. The maximum Gasteiger partial charge on any atom is 0.320 e. The summed E-state index contributed by atoms with van der Waals surface area (Å²) in [6.07, 6.45) is 0.339. The van der Waals surface area contributed by atoms with Crippen molar-refractivity contribution in [1.82, 2.24) is 4.90 Å². The third kappa shape index (κ3) is 3.77. The van der Waals surface area contributed by atoms with Gasteiger partial charge in [0.25, 0.3) is 0 Å². The first-order valence-corrected chi connectivity index (χ1v) is 5.34. The average Bonchev–Trinajstić information content (AvgIpc) is 2.18. The molecular weight excluding hydrogens is 196 g/mol. The number of hydrogen-bond acceptors (Lipinski definition) is 4. The van der Waals surface area contributed by atoms with Crippen molar-refractivity contribution >= 4 is 5.97 Å². The van der Waals surface area contributed by atoms with Crippen LogP contribution in [0.5, 0.6) is 0 Å². The van der Waals surface area contributed by atoms with Crippen molar-refractivity contribution in [3.8, 4) is 0 Å². The number of ether oxygens (including phenoxy) is 1. The summed E-state index contributed by atoms with van der Waals surface area (Å²) in [5, 5.41) is 8.69. The number of nitrogens with two attached hydrogens (primary N) is 1. The van der Waals surface area contributed by atoms with Crippen LogP contribution in [0, 0.1) is 0 Å². The molecule has 3 N–H and O–H groups in total. The zero-order valence-corrected chi connectivity index (χ0v) is 9.35. The number of carbonyl (C=O) groups is 1. The minimum atomic E-state index is -0.958. The molecule has 0 saturated carbocycles. The molecule has 0 aliphatic carbocycles. The van der Waals surface area contributed by atoms with Gasteiger partial charge in [0, 0.05) is 25.6 Å². The molecule has 0 bridgehead atoms. The van der Waals surface area contributed by atoms with Crippen molar-refractivity contribution in [3.05, 3.63) is 0 Å². The van der Waals surface area contributed by atoms with Gasteiger partial charge in [-0.2, -0.15) is 0 Å². The van der Waals surface area contributed by atoms with Gasteiger partial charge >= 0.3 is 5.97 Å². The minimum Gasteiger partial charge on any atom is -0.480 e. The van der Waals surface area contributed by atoms with Gasteiger partial charge in [-0.3, -0.25) is 9.69 Å². The Labute approximate surface area is 90.2 Å². The number of nitrogens with zero attached hydrogens (tertiary/aromatic N) is 1. The molecule has 1 saturated heterocycles. The minimum absolute atomic E-state index is 0.0488. The van der Waals surface area contributed by atoms with Gasteiger partial charge in [0.1, 0.15) is 6.04 Å². The molecule has 0 aromatic rings. The van der Waals surface area contributed by atoms with Gasteiger partial charge in [-0.15, -0.1) is 0 Å². The zero-order valence-electron chi connectivity index (χ0n) is 9.35. The molecule has 1 aliphatic rings. The first kappa shape index (κ1) is 12.4. The van der Waals surface area contributed by atoms with Crippen molar-refractivity contribution < 1.29 is 14.6 Å². The number of aliphatic carboxylic acids is 1. The third-order valence-electron chi connectivity index (χ3n) is 2.73. The summed E-state index contributed by atoms with van der Waals surface area (Å²) in [5.74, 6) is -0.958. The molecule has 5 nitrogen and oxygen atoms in total. The summed E-state index contributed by atoms with van der Waals surface area (Å²) in [7, 11) is 0. The second kappa shape index (κ2) is 5.44. The van der Waals surface area contributed by atoms with Crippen molar-refractivity contribution in [1.29, 1.82) is 0 Å². The quantitative estimate of drug-likeness (QED) is 0.686. The molecule has 1 unspecified atom stereocenters. The molecule has 0 spiro atoms. The predicted molar refractivity (Wildman–Crippen MR) is 56.7 cm³/mol. The van der Waals surface area contributed by atoms with Crippen molar-refractivity contribution in [2.75, 3.05) is 19.7 Å². The molecule has 5 heteroatoms. The van der Waals surface area contributed by atoms with E-state index in [1.165, 1.54) is 0 Å². The topological polar surface area (TPSA) is 75.8 Å². The van der Waals surface area contributed by atoms with E-state index in [0.717, 1.165) is 13.1 Å². The lowest BCUT2D eigenvalue weighted by molar-refractivity contribution is -0.140. The van der Waals surface area contributed by atoms with Crippen LogP contribution in [-0.2, 0) is 9.53 Å². The normalized spacial score (nSPS) is 25.5. The molecule has 0 amide bonds. The molecule has 1 aliphatic heterocycles. The molecule has 0 radical (unpaired) electrons. The van der Waals surface area contributed by atoms with E-state index in [4.69, 9.17) is 15.6 Å². The molecule has 15 heavy (non-hydrogen) atoms. The van der Waals surface area contributed by atoms with Crippen LogP contribution in [0.4, 0.5) is 0 Å². The van der Waals surface area contributed by atoms with Gasteiger partial charge in [-0.05, 0) is 13.8 Å². The van der Waals surface area contributed by atoms with Gasteiger partial charge < -0.3 is 15.6 Å². The van der Waals surface area contributed by atoms with E-state index in [0.29, 0.717) is 19.1 Å². The molecule has 2 atom stereocenters. The molecule has 0 aromatic carbocycles.